The normalized spacial score (nSPS) is 22.5. The van der Waals surface area contributed by atoms with Gasteiger partial charge >= 0.3 is 0 Å². The lowest BCUT2D eigenvalue weighted by atomic mass is 9.92. The molecule has 68 valence electrons. The number of hydrogen-bond donors (Lipinski definition) is 1. The van der Waals surface area contributed by atoms with Crippen molar-refractivity contribution in [3.63, 3.8) is 0 Å². The van der Waals surface area contributed by atoms with Gasteiger partial charge in [0.05, 0.1) is 6.07 Å². The predicted molar refractivity (Wildman–Crippen MR) is 47.7 cm³/mol. The smallest absolute Gasteiger partial charge is 0.245 e. The first-order valence-electron chi connectivity index (χ1n) is 4.67. The molecule has 0 heterocycles. The minimum Gasteiger partial charge on any atom is -0.334 e. The van der Waals surface area contributed by atoms with Gasteiger partial charge in [0.1, 0.15) is 5.54 Å². The summed E-state index contributed by atoms with van der Waals surface area (Å²) in [6.45, 7) is 0. The number of amides is 1. The maximum atomic E-state index is 11.3. The molecule has 2 fully saturated rings. The molecule has 2 aliphatic carbocycles. The molecule has 13 heavy (non-hydrogen) atoms. The summed E-state index contributed by atoms with van der Waals surface area (Å²) >= 11 is 0. The lowest BCUT2D eigenvalue weighted by molar-refractivity contribution is -0.117. The molecule has 0 bridgehead atoms. The second-order valence-electron chi connectivity index (χ2n) is 3.84. The van der Waals surface area contributed by atoms with E-state index in [4.69, 9.17) is 5.26 Å². The van der Waals surface area contributed by atoms with Crippen LogP contribution in [0.4, 0.5) is 0 Å². The molecular formula is C10H12N2O. The van der Waals surface area contributed by atoms with Crippen LogP contribution in [0.2, 0.25) is 0 Å². The van der Waals surface area contributed by atoms with Crippen LogP contribution in [0.15, 0.2) is 11.6 Å². The number of nitrogens with zero attached hydrogens (tertiary/aromatic N) is 1. The molecule has 0 aliphatic heterocycles. The molecule has 1 N–H and O–H groups in total. The molecule has 1 amide bonds. The van der Waals surface area contributed by atoms with Crippen molar-refractivity contribution in [1.82, 2.24) is 5.32 Å². The number of hydrogen-bond acceptors (Lipinski definition) is 2. The number of carbonyl (C=O) groups excluding carboxylic acids is 1. The van der Waals surface area contributed by atoms with E-state index in [9.17, 15) is 4.79 Å². The molecule has 0 aromatic rings. The van der Waals surface area contributed by atoms with Gasteiger partial charge in [-0.3, -0.25) is 4.79 Å². The highest BCUT2D eigenvalue weighted by Crippen LogP contribution is 2.34. The minimum absolute atomic E-state index is 0.0891. The van der Waals surface area contributed by atoms with Gasteiger partial charge in [-0.15, -0.1) is 0 Å². The molecule has 0 unspecified atom stereocenters. The summed E-state index contributed by atoms with van der Waals surface area (Å²) in [4.78, 5) is 11.3. The Morgan fingerprint density at radius 3 is 2.62 bits per heavy atom. The van der Waals surface area contributed by atoms with Gasteiger partial charge in [0.25, 0.3) is 0 Å². The third-order valence-electron chi connectivity index (χ3n) is 2.66. The Hall–Kier alpha value is -1.30. The Kier molecular flexibility index (Phi) is 1.84. The topological polar surface area (TPSA) is 52.9 Å². The molecule has 0 aromatic heterocycles. The molecule has 0 radical (unpaired) electrons. The van der Waals surface area contributed by atoms with E-state index in [1.54, 1.807) is 6.08 Å². The van der Waals surface area contributed by atoms with Gasteiger partial charge in [0.15, 0.2) is 0 Å². The molecule has 2 saturated carbocycles. The van der Waals surface area contributed by atoms with Crippen LogP contribution in [0.3, 0.4) is 0 Å². The largest absolute Gasteiger partial charge is 0.334 e. The quantitative estimate of drug-likeness (QED) is 0.644. The third kappa shape index (κ3) is 1.72. The maximum Gasteiger partial charge on any atom is 0.245 e. The van der Waals surface area contributed by atoms with Gasteiger partial charge in [0, 0.05) is 6.08 Å². The number of nitriles is 1. The molecule has 0 spiro atoms. The average Bonchev–Trinajstić information content (AvgIpc) is 2.78. The van der Waals surface area contributed by atoms with Crippen LogP contribution in [0.5, 0.6) is 0 Å². The van der Waals surface area contributed by atoms with E-state index < -0.39 is 5.54 Å². The van der Waals surface area contributed by atoms with Gasteiger partial charge in [-0.05, 0) is 32.1 Å². The first-order valence-corrected chi connectivity index (χ1v) is 4.67. The van der Waals surface area contributed by atoms with Gasteiger partial charge < -0.3 is 5.32 Å². The minimum atomic E-state index is -0.516. The predicted octanol–water partition coefficient (Wildman–Crippen LogP) is 1.27. The van der Waals surface area contributed by atoms with Crippen molar-refractivity contribution < 1.29 is 4.79 Å². The van der Waals surface area contributed by atoms with E-state index in [-0.39, 0.29) is 5.91 Å². The Balaban J connectivity index is 1.89. The summed E-state index contributed by atoms with van der Waals surface area (Å²) in [5.41, 5.74) is 0.698. The summed E-state index contributed by atoms with van der Waals surface area (Å²) < 4.78 is 0. The first-order chi connectivity index (χ1) is 6.24. The summed E-state index contributed by atoms with van der Waals surface area (Å²) in [7, 11) is 0. The fraction of sp³-hybridized carbons (Fsp3) is 0.600. The van der Waals surface area contributed by atoms with Crippen LogP contribution < -0.4 is 5.32 Å². The van der Waals surface area contributed by atoms with Crippen LogP contribution in [0.1, 0.15) is 32.1 Å². The Morgan fingerprint density at radius 2 is 2.23 bits per heavy atom. The molecule has 2 rings (SSSR count). The number of nitrogens with one attached hydrogen (secondary N) is 1. The van der Waals surface area contributed by atoms with Gasteiger partial charge in [-0.25, -0.2) is 0 Å². The fourth-order valence-electron chi connectivity index (χ4n) is 1.37. The summed E-state index contributed by atoms with van der Waals surface area (Å²) in [6, 6.07) is 2.13. The lowest BCUT2D eigenvalue weighted by Gasteiger charge is -2.16. The van der Waals surface area contributed by atoms with Crippen molar-refractivity contribution in [2.45, 2.75) is 37.6 Å². The van der Waals surface area contributed by atoms with Crippen molar-refractivity contribution in [2.75, 3.05) is 0 Å². The highest BCUT2D eigenvalue weighted by Gasteiger charge is 2.44. The second-order valence-corrected chi connectivity index (χ2v) is 3.84. The van der Waals surface area contributed by atoms with Crippen LogP contribution in [0.25, 0.3) is 0 Å². The molecule has 3 nitrogen and oxygen atoms in total. The molecule has 2 aliphatic rings. The van der Waals surface area contributed by atoms with Crippen molar-refractivity contribution in [3.8, 4) is 6.07 Å². The SMILES string of the molecule is N#CC1(NC(=O)C=C2CCC2)CC1. The van der Waals surface area contributed by atoms with Gasteiger partial charge in [-0.2, -0.15) is 5.26 Å². The highest BCUT2D eigenvalue weighted by atomic mass is 16.1. The van der Waals surface area contributed by atoms with Crippen molar-refractivity contribution in [2.24, 2.45) is 0 Å². The van der Waals surface area contributed by atoms with Crippen LogP contribution in [-0.4, -0.2) is 11.4 Å². The highest BCUT2D eigenvalue weighted by molar-refractivity contribution is 5.89. The van der Waals surface area contributed by atoms with Gasteiger partial charge in [0.2, 0.25) is 5.91 Å². The van der Waals surface area contributed by atoms with Gasteiger partial charge in [-0.1, -0.05) is 5.57 Å². The number of rotatable bonds is 2. The second kappa shape index (κ2) is 2.88. The van der Waals surface area contributed by atoms with E-state index in [1.807, 2.05) is 0 Å². The Labute approximate surface area is 77.4 Å². The van der Waals surface area contributed by atoms with Crippen molar-refractivity contribution in [3.05, 3.63) is 11.6 Å². The van der Waals surface area contributed by atoms with E-state index >= 15 is 0 Å². The molecule has 0 aromatic carbocycles. The van der Waals surface area contributed by atoms with Crippen LogP contribution >= 0.6 is 0 Å². The zero-order valence-electron chi connectivity index (χ0n) is 7.47. The number of allylic oxidation sites excluding steroid dienone is 1. The standard InChI is InChI=1S/C10H12N2O/c11-7-10(4-5-10)12-9(13)6-8-2-1-3-8/h6H,1-5H2,(H,12,13). The Bertz CT molecular complexity index is 301. The maximum absolute atomic E-state index is 11.3. The Morgan fingerprint density at radius 1 is 1.54 bits per heavy atom. The number of carbonyl (C=O) groups is 1. The molecule has 0 saturated heterocycles. The van der Waals surface area contributed by atoms with Crippen molar-refractivity contribution in [1.29, 1.82) is 5.26 Å². The monoisotopic (exact) mass is 176 g/mol. The van der Waals surface area contributed by atoms with Crippen molar-refractivity contribution >= 4 is 5.91 Å². The summed E-state index contributed by atoms with van der Waals surface area (Å²) in [6.07, 6.45) is 6.56. The van der Waals surface area contributed by atoms with Crippen LogP contribution in [0, 0.1) is 11.3 Å². The van der Waals surface area contributed by atoms with E-state index in [2.05, 4.69) is 11.4 Å². The van der Waals surface area contributed by atoms with E-state index in [1.165, 1.54) is 12.0 Å². The van der Waals surface area contributed by atoms with Crippen LogP contribution in [-0.2, 0) is 4.79 Å². The fourth-order valence-corrected chi connectivity index (χ4v) is 1.37. The summed E-state index contributed by atoms with van der Waals surface area (Å²) in [5.74, 6) is -0.0891. The first kappa shape index (κ1) is 8.31. The zero-order chi connectivity index (χ0) is 9.31. The zero-order valence-corrected chi connectivity index (χ0v) is 7.47. The summed E-state index contributed by atoms with van der Waals surface area (Å²) in [5, 5.41) is 11.5. The molecule has 0 atom stereocenters. The lowest BCUT2D eigenvalue weighted by Crippen LogP contribution is -2.34. The van der Waals surface area contributed by atoms with E-state index in [0.29, 0.717) is 0 Å². The third-order valence-corrected chi connectivity index (χ3v) is 2.66. The molecular weight excluding hydrogens is 164 g/mol. The molecule has 3 heteroatoms. The van der Waals surface area contributed by atoms with E-state index in [0.717, 1.165) is 25.7 Å². The average molecular weight is 176 g/mol.